The summed E-state index contributed by atoms with van der Waals surface area (Å²) in [4.78, 5) is 12.3. The first kappa shape index (κ1) is 20.5. The molecular weight excluding hydrogens is 395 g/mol. The van der Waals surface area contributed by atoms with E-state index in [-0.39, 0.29) is 29.3 Å². The van der Waals surface area contributed by atoms with Gasteiger partial charge in [0.05, 0.1) is 4.90 Å². The Morgan fingerprint density at radius 1 is 0.897 bits per heavy atom. The van der Waals surface area contributed by atoms with Crippen molar-refractivity contribution in [2.24, 2.45) is 0 Å². The topological polar surface area (TPSA) is 84.5 Å². The predicted octanol–water partition coefficient (Wildman–Crippen LogP) is 3.93. The fourth-order valence-corrected chi connectivity index (χ4v) is 3.56. The maximum absolute atomic E-state index is 14.2. The van der Waals surface area contributed by atoms with Gasteiger partial charge in [-0.25, -0.2) is 17.5 Å². The molecule has 0 aromatic heterocycles. The van der Waals surface area contributed by atoms with Crippen molar-refractivity contribution in [2.75, 3.05) is 11.9 Å². The van der Waals surface area contributed by atoms with Crippen molar-refractivity contribution in [1.29, 1.82) is 0 Å². The molecule has 3 aromatic rings. The lowest BCUT2D eigenvalue weighted by molar-refractivity contribution is -0.116. The third kappa shape index (κ3) is 5.63. The summed E-state index contributed by atoms with van der Waals surface area (Å²) >= 11 is 0. The molecule has 0 atom stereocenters. The van der Waals surface area contributed by atoms with Gasteiger partial charge in [0.25, 0.3) is 0 Å². The molecule has 1 amide bonds. The highest BCUT2D eigenvalue weighted by molar-refractivity contribution is 7.89. The molecule has 150 valence electrons. The Bertz CT molecular complexity index is 1070. The second-order valence-electron chi connectivity index (χ2n) is 6.04. The van der Waals surface area contributed by atoms with E-state index in [1.165, 1.54) is 30.3 Å². The largest absolute Gasteiger partial charge is 0.455 e. The molecule has 0 saturated carbocycles. The number of carbonyl (C=O) groups excluding carboxylic acids is 1. The van der Waals surface area contributed by atoms with E-state index in [4.69, 9.17) is 4.74 Å². The standard InChI is InChI=1S/C21H19FN2O4S/c22-18-12-7-13-19(28-16-8-3-1-4-9-16)21(18)24-20(25)14-15-23-29(26,27)17-10-5-2-6-11-17/h1-13,23H,14-15H2,(H,24,25). The third-order valence-electron chi connectivity index (χ3n) is 3.91. The van der Waals surface area contributed by atoms with Crippen LogP contribution in [0.5, 0.6) is 11.5 Å². The van der Waals surface area contributed by atoms with Gasteiger partial charge in [-0.05, 0) is 36.4 Å². The van der Waals surface area contributed by atoms with E-state index in [1.54, 1.807) is 42.5 Å². The zero-order valence-corrected chi connectivity index (χ0v) is 16.2. The van der Waals surface area contributed by atoms with Crippen LogP contribution in [0.25, 0.3) is 0 Å². The number of carbonyl (C=O) groups is 1. The summed E-state index contributed by atoms with van der Waals surface area (Å²) in [5.41, 5.74) is -0.104. The molecule has 0 aliphatic carbocycles. The highest BCUT2D eigenvalue weighted by Crippen LogP contribution is 2.31. The van der Waals surface area contributed by atoms with Gasteiger partial charge in [-0.3, -0.25) is 4.79 Å². The van der Waals surface area contributed by atoms with Crippen molar-refractivity contribution < 1.29 is 22.3 Å². The molecule has 0 radical (unpaired) electrons. The van der Waals surface area contributed by atoms with Crippen molar-refractivity contribution in [1.82, 2.24) is 4.72 Å². The number of benzene rings is 3. The highest BCUT2D eigenvalue weighted by Gasteiger charge is 2.16. The zero-order valence-electron chi connectivity index (χ0n) is 15.3. The summed E-state index contributed by atoms with van der Waals surface area (Å²) in [5.74, 6) is -0.570. The normalized spacial score (nSPS) is 11.1. The molecule has 0 aliphatic rings. The smallest absolute Gasteiger partial charge is 0.240 e. The Balaban J connectivity index is 1.62. The Labute approximate surface area is 168 Å². The minimum atomic E-state index is -3.71. The van der Waals surface area contributed by atoms with Crippen molar-refractivity contribution in [3.63, 3.8) is 0 Å². The average molecular weight is 414 g/mol. The lowest BCUT2D eigenvalue weighted by atomic mass is 10.2. The summed E-state index contributed by atoms with van der Waals surface area (Å²) in [6.45, 7) is -0.133. The molecule has 3 rings (SSSR count). The van der Waals surface area contributed by atoms with Gasteiger partial charge in [0.2, 0.25) is 15.9 Å². The molecule has 0 bridgehead atoms. The van der Waals surface area contributed by atoms with Crippen LogP contribution in [0, 0.1) is 5.82 Å². The van der Waals surface area contributed by atoms with Crippen LogP contribution in [0.15, 0.2) is 83.8 Å². The van der Waals surface area contributed by atoms with Crippen LogP contribution in [0.3, 0.4) is 0 Å². The summed E-state index contributed by atoms with van der Waals surface area (Å²) in [6, 6.07) is 20.8. The number of anilines is 1. The Kier molecular flexibility index (Phi) is 6.58. The fraction of sp³-hybridized carbons (Fsp3) is 0.0952. The first-order valence-corrected chi connectivity index (χ1v) is 10.3. The highest BCUT2D eigenvalue weighted by atomic mass is 32.2. The molecule has 0 saturated heterocycles. The van der Waals surface area contributed by atoms with Gasteiger partial charge in [0.1, 0.15) is 11.4 Å². The number of ether oxygens (including phenoxy) is 1. The van der Waals surface area contributed by atoms with Crippen LogP contribution >= 0.6 is 0 Å². The van der Waals surface area contributed by atoms with Crippen molar-refractivity contribution in [3.8, 4) is 11.5 Å². The number of hydrogen-bond donors (Lipinski definition) is 2. The van der Waals surface area contributed by atoms with E-state index in [2.05, 4.69) is 10.0 Å². The quantitative estimate of drug-likeness (QED) is 0.585. The number of para-hydroxylation sites is 2. The maximum Gasteiger partial charge on any atom is 0.240 e. The lowest BCUT2D eigenvalue weighted by Gasteiger charge is -2.13. The molecule has 2 N–H and O–H groups in total. The first-order valence-electron chi connectivity index (χ1n) is 8.82. The third-order valence-corrected chi connectivity index (χ3v) is 5.39. The fourth-order valence-electron chi connectivity index (χ4n) is 2.51. The molecule has 29 heavy (non-hydrogen) atoms. The van der Waals surface area contributed by atoms with E-state index < -0.39 is 21.7 Å². The van der Waals surface area contributed by atoms with Crippen LogP contribution in [-0.4, -0.2) is 20.9 Å². The molecular formula is C21H19FN2O4S. The van der Waals surface area contributed by atoms with Gasteiger partial charge in [0, 0.05) is 13.0 Å². The van der Waals surface area contributed by atoms with E-state index in [9.17, 15) is 17.6 Å². The van der Waals surface area contributed by atoms with Gasteiger partial charge in [-0.15, -0.1) is 0 Å². The van der Waals surface area contributed by atoms with E-state index in [0.717, 1.165) is 0 Å². The predicted molar refractivity (Wildman–Crippen MR) is 108 cm³/mol. The summed E-state index contributed by atoms with van der Waals surface area (Å²) < 4.78 is 46.5. The number of amides is 1. The minimum Gasteiger partial charge on any atom is -0.455 e. The maximum atomic E-state index is 14.2. The van der Waals surface area contributed by atoms with Gasteiger partial charge >= 0.3 is 0 Å². The molecule has 0 aliphatic heterocycles. The summed E-state index contributed by atoms with van der Waals surface area (Å²) in [6.07, 6.45) is -0.175. The second-order valence-corrected chi connectivity index (χ2v) is 7.80. The van der Waals surface area contributed by atoms with E-state index >= 15 is 0 Å². The van der Waals surface area contributed by atoms with Gasteiger partial charge in [-0.1, -0.05) is 42.5 Å². The number of halogens is 1. The Morgan fingerprint density at radius 3 is 2.24 bits per heavy atom. The summed E-state index contributed by atoms with van der Waals surface area (Å²) in [7, 11) is -3.71. The van der Waals surface area contributed by atoms with E-state index in [0.29, 0.717) is 5.75 Å². The van der Waals surface area contributed by atoms with Gasteiger partial charge in [-0.2, -0.15) is 0 Å². The molecule has 0 heterocycles. The first-order chi connectivity index (χ1) is 14.0. The van der Waals surface area contributed by atoms with Crippen molar-refractivity contribution in [2.45, 2.75) is 11.3 Å². The second kappa shape index (κ2) is 9.31. The van der Waals surface area contributed by atoms with Crippen LogP contribution < -0.4 is 14.8 Å². The van der Waals surface area contributed by atoms with E-state index in [1.807, 2.05) is 6.07 Å². The van der Waals surface area contributed by atoms with Gasteiger partial charge < -0.3 is 10.1 Å². The van der Waals surface area contributed by atoms with Gasteiger partial charge in [0.15, 0.2) is 11.6 Å². The molecule has 0 fully saturated rings. The number of hydrogen-bond acceptors (Lipinski definition) is 4. The minimum absolute atomic E-state index is 0.104. The van der Waals surface area contributed by atoms with Crippen molar-refractivity contribution in [3.05, 3.63) is 84.7 Å². The van der Waals surface area contributed by atoms with Crippen LogP contribution in [-0.2, 0) is 14.8 Å². The molecule has 0 unspecified atom stereocenters. The molecule has 0 spiro atoms. The number of nitrogens with one attached hydrogen (secondary N) is 2. The molecule has 8 heteroatoms. The molecule has 6 nitrogen and oxygen atoms in total. The van der Waals surface area contributed by atoms with Crippen molar-refractivity contribution >= 4 is 21.6 Å². The zero-order chi connectivity index (χ0) is 20.7. The number of rotatable bonds is 8. The Hall–Kier alpha value is -3.23. The Morgan fingerprint density at radius 2 is 1.55 bits per heavy atom. The van der Waals surface area contributed by atoms with Crippen LogP contribution in [0.4, 0.5) is 10.1 Å². The lowest BCUT2D eigenvalue weighted by Crippen LogP contribution is -2.28. The monoisotopic (exact) mass is 414 g/mol. The SMILES string of the molecule is O=C(CCNS(=O)(=O)c1ccccc1)Nc1c(F)cccc1Oc1ccccc1. The number of sulfonamides is 1. The average Bonchev–Trinajstić information content (AvgIpc) is 2.72. The molecule has 3 aromatic carbocycles. The summed E-state index contributed by atoms with van der Waals surface area (Å²) in [5, 5.41) is 2.45. The van der Waals surface area contributed by atoms with Crippen LogP contribution in [0.1, 0.15) is 6.42 Å². The van der Waals surface area contributed by atoms with Crippen LogP contribution in [0.2, 0.25) is 0 Å².